The van der Waals surface area contributed by atoms with Crippen molar-refractivity contribution in [2.45, 2.75) is 31.1 Å². The predicted octanol–water partition coefficient (Wildman–Crippen LogP) is 3.08. The van der Waals surface area contributed by atoms with Gasteiger partial charge in [-0.15, -0.1) is 8.58 Å². The topological polar surface area (TPSA) is 0 Å². The molecule has 57 valence electrons. The first-order valence-corrected chi connectivity index (χ1v) is 11.3. The molecule has 0 nitrogen and oxygen atoms in total. The van der Waals surface area contributed by atoms with Crippen LogP contribution in [0.5, 0.6) is 0 Å². The molecule has 0 spiro atoms. The van der Waals surface area contributed by atoms with Crippen LogP contribution in [0.4, 0.5) is 0 Å². The van der Waals surface area contributed by atoms with E-state index in [1.165, 1.54) is 20.9 Å². The molecule has 0 aliphatic heterocycles. The molecule has 2 heteroatoms. The second-order valence-corrected chi connectivity index (χ2v) is 10.7. The normalized spacial score (nSPS) is 8.67. The van der Waals surface area contributed by atoms with Crippen LogP contribution >= 0.6 is 8.58 Å². The molecule has 0 bridgehead atoms. The fourth-order valence-corrected chi connectivity index (χ4v) is 0.750. The van der Waals surface area contributed by atoms with Crippen LogP contribution in [0.15, 0.2) is 0 Å². The summed E-state index contributed by atoms with van der Waals surface area (Å²) >= 11 is -0.333. The van der Waals surface area contributed by atoms with Gasteiger partial charge in [-0.3, -0.25) is 0 Å². The van der Waals surface area contributed by atoms with Crippen LogP contribution in [-0.4, -0.2) is 26.7 Å². The van der Waals surface area contributed by atoms with E-state index in [1.807, 2.05) is 0 Å². The third kappa shape index (κ3) is 49.4. The van der Waals surface area contributed by atoms with Gasteiger partial charge in [-0.1, -0.05) is 13.8 Å². The molecule has 0 N–H and O–H groups in total. The van der Waals surface area contributed by atoms with Crippen LogP contribution in [0.25, 0.3) is 0 Å². The molecule has 0 saturated carbocycles. The molecule has 0 aromatic rings. The molecule has 1 radical (unpaired) electrons. The molecule has 0 amide bonds. The Morgan fingerprint density at radius 1 is 1.00 bits per heavy atom. The first-order valence-electron chi connectivity index (χ1n) is 3.62. The Bertz CT molecular complexity index is 33.1. The van der Waals surface area contributed by atoms with Crippen molar-refractivity contribution in [2.75, 3.05) is 12.3 Å². The summed E-state index contributed by atoms with van der Waals surface area (Å²) in [4.78, 5) is 0. The van der Waals surface area contributed by atoms with Crippen molar-refractivity contribution in [2.24, 2.45) is 0 Å². The average Bonchev–Trinajstić information content (AvgIpc) is 1.66. The Kier molecular flexibility index (Phi) is 16.5. The maximum atomic E-state index is 2.33. The molecule has 0 aromatic carbocycles. The maximum absolute atomic E-state index is 2.33. The van der Waals surface area contributed by atoms with Crippen LogP contribution < -0.4 is 0 Å². The van der Waals surface area contributed by atoms with E-state index in [9.17, 15) is 0 Å². The van der Waals surface area contributed by atoms with Gasteiger partial charge >= 0.3 is 31.6 Å². The molecule has 0 rings (SSSR count). The van der Waals surface area contributed by atoms with Crippen LogP contribution in [0.2, 0.25) is 17.3 Å². The molecule has 0 aliphatic carbocycles. The zero-order valence-electron chi connectivity index (χ0n) is 7.41. The third-order valence-corrected chi connectivity index (χ3v) is 1.50. The summed E-state index contributed by atoms with van der Waals surface area (Å²) in [6.45, 7) is 4.45. The van der Waals surface area contributed by atoms with Gasteiger partial charge in [-0.05, 0) is 12.3 Å². The fraction of sp³-hybridized carbons (Fsp3) is 1.00. The first-order chi connectivity index (χ1) is 4.15. The van der Waals surface area contributed by atoms with E-state index < -0.39 is 0 Å². The minimum absolute atomic E-state index is 0.333. The van der Waals surface area contributed by atoms with E-state index in [0.717, 1.165) is 0 Å². The van der Waals surface area contributed by atoms with E-state index >= 15 is 0 Å². The molecule has 9 heavy (non-hydrogen) atoms. The molecule has 0 aliphatic rings. The Morgan fingerprint density at radius 2 is 1.22 bits per heavy atom. The Labute approximate surface area is 66.7 Å². The van der Waals surface area contributed by atoms with Crippen LogP contribution in [0, 0.1) is 0 Å². The second-order valence-electron chi connectivity index (χ2n) is 2.46. The molecule has 0 aromatic heterocycles. The van der Waals surface area contributed by atoms with E-state index in [4.69, 9.17) is 0 Å². The minimum atomic E-state index is -0.333. The summed E-state index contributed by atoms with van der Waals surface area (Å²) < 4.78 is 0. The average molecular weight is 208 g/mol. The molecular weight excluding hydrogens is 188 g/mol. The van der Waals surface area contributed by atoms with Crippen molar-refractivity contribution < 1.29 is 0 Å². The summed E-state index contributed by atoms with van der Waals surface area (Å²) in [6, 6.07) is 0. The third-order valence-electron chi connectivity index (χ3n) is 0.500. The van der Waals surface area contributed by atoms with Gasteiger partial charge in [-0.2, -0.15) is 0 Å². The predicted molar refractivity (Wildman–Crippen MR) is 52.7 cm³/mol. The molecule has 0 saturated heterocycles. The van der Waals surface area contributed by atoms with Crippen LogP contribution in [-0.2, 0) is 0 Å². The Morgan fingerprint density at radius 3 is 1.22 bits per heavy atom. The number of rotatable bonds is 2. The molecule has 0 unspecified atom stereocenters. The van der Waals surface area contributed by atoms with Crippen molar-refractivity contribution >= 4 is 22.9 Å². The summed E-state index contributed by atoms with van der Waals surface area (Å²) in [5, 5.41) is 0. The Hall–Kier alpha value is 0.973. The molecule has 0 heterocycles. The summed E-state index contributed by atoms with van der Waals surface area (Å²) in [5.74, 6) is 7.00. The van der Waals surface area contributed by atoms with Gasteiger partial charge in [0.25, 0.3) is 0 Å². The summed E-state index contributed by atoms with van der Waals surface area (Å²) in [5.41, 5.74) is 0. The van der Waals surface area contributed by atoms with Gasteiger partial charge in [-0.25, -0.2) is 0 Å². The standard InChI is InChI=1S/C4H11P.C3H9Ge/c1-3-5-4-2;1-4(2)3/h5H,3-4H2,1-2H3;1-3H3. The van der Waals surface area contributed by atoms with Gasteiger partial charge in [0.15, 0.2) is 0 Å². The van der Waals surface area contributed by atoms with Crippen molar-refractivity contribution in [3.63, 3.8) is 0 Å². The SMILES string of the molecule is CCPCC.[CH3][Ge]([CH3])[CH3]. The van der Waals surface area contributed by atoms with Gasteiger partial charge in [0.05, 0.1) is 0 Å². The monoisotopic (exact) mass is 209 g/mol. The van der Waals surface area contributed by atoms with Gasteiger partial charge < -0.3 is 0 Å². The van der Waals surface area contributed by atoms with Gasteiger partial charge in [0.1, 0.15) is 0 Å². The second kappa shape index (κ2) is 11.7. The quantitative estimate of drug-likeness (QED) is 0.483. The molecule has 0 atom stereocenters. The van der Waals surface area contributed by atoms with Crippen LogP contribution in [0.1, 0.15) is 13.8 Å². The number of hydrogen-bond acceptors (Lipinski definition) is 0. The summed E-state index contributed by atoms with van der Waals surface area (Å²) in [7, 11) is 1.20. The van der Waals surface area contributed by atoms with Gasteiger partial charge in [0.2, 0.25) is 0 Å². The van der Waals surface area contributed by atoms with Crippen LogP contribution in [0.3, 0.4) is 0 Å². The van der Waals surface area contributed by atoms with Crippen molar-refractivity contribution in [1.29, 1.82) is 0 Å². The molecular formula is C7H20GeP. The first kappa shape index (κ1) is 12.6. The number of hydrogen-bond donors (Lipinski definition) is 0. The zero-order chi connectivity index (χ0) is 7.70. The van der Waals surface area contributed by atoms with Crippen molar-refractivity contribution in [3.8, 4) is 0 Å². The summed E-state index contributed by atoms with van der Waals surface area (Å²) in [6.07, 6.45) is 2.74. The zero-order valence-corrected chi connectivity index (χ0v) is 10.5. The Balaban J connectivity index is 0. The van der Waals surface area contributed by atoms with Gasteiger partial charge in [0, 0.05) is 0 Å². The van der Waals surface area contributed by atoms with E-state index in [-0.39, 0.29) is 14.3 Å². The fourth-order valence-electron chi connectivity index (χ4n) is 0.250. The van der Waals surface area contributed by atoms with E-state index in [0.29, 0.717) is 0 Å². The molecule has 0 fully saturated rings. The van der Waals surface area contributed by atoms with Crippen molar-refractivity contribution in [3.05, 3.63) is 0 Å². The van der Waals surface area contributed by atoms with Crippen molar-refractivity contribution in [1.82, 2.24) is 0 Å². The van der Waals surface area contributed by atoms with E-state index in [1.54, 1.807) is 0 Å². The van der Waals surface area contributed by atoms with E-state index in [2.05, 4.69) is 31.1 Å².